The van der Waals surface area contributed by atoms with Gasteiger partial charge in [0.1, 0.15) is 6.04 Å². The van der Waals surface area contributed by atoms with Gasteiger partial charge in [0.2, 0.25) is 0 Å². The molecule has 0 aliphatic carbocycles. The number of hydrogen-bond acceptors (Lipinski definition) is 5. The summed E-state index contributed by atoms with van der Waals surface area (Å²) in [6.07, 6.45) is 2.40. The summed E-state index contributed by atoms with van der Waals surface area (Å²) in [6.45, 7) is -0.619. The van der Waals surface area contributed by atoms with Gasteiger partial charge in [-0.15, -0.1) is 0 Å². The Bertz CT molecular complexity index is 199. The normalized spacial score (nSPS) is 11.3. The van der Waals surface area contributed by atoms with Gasteiger partial charge in [-0.2, -0.15) is 11.8 Å². The van der Waals surface area contributed by atoms with Crippen LogP contribution in [0, 0.1) is 0 Å². The molecule has 5 nitrogen and oxygen atoms in total. The summed E-state index contributed by atoms with van der Waals surface area (Å²) in [5, 5.41) is 8.20. The van der Waals surface area contributed by atoms with Crippen molar-refractivity contribution < 1.29 is 22.3 Å². The van der Waals surface area contributed by atoms with Gasteiger partial charge in [-0.25, -0.2) is 4.79 Å². The molecule has 0 aromatic heterocycles. The van der Waals surface area contributed by atoms with E-state index in [1.807, 2.05) is 6.26 Å². The van der Waals surface area contributed by atoms with Crippen molar-refractivity contribution in [3.05, 3.63) is 0 Å². The Kier molecular flexibility index (Phi) is 12.1. The molecule has 0 rings (SSSR count). The van der Waals surface area contributed by atoms with Gasteiger partial charge in [0.05, 0.1) is 0 Å². The Hall–Kier alpha value is 0.510. The van der Waals surface area contributed by atoms with Gasteiger partial charge in [0, 0.05) is 0 Å². The number of nitrogens with two attached hydrogens (primary N) is 1. The molecule has 80 valence electrons. The first-order chi connectivity index (χ1) is 6.07. The van der Waals surface area contributed by atoms with Crippen molar-refractivity contribution in [1.82, 2.24) is 0 Å². The Morgan fingerprint density at radius 1 is 1.64 bits per heavy atom. The van der Waals surface area contributed by atoms with Crippen LogP contribution in [0.4, 0.5) is 0 Å². The zero-order valence-corrected chi connectivity index (χ0v) is 11.1. The number of aliphatic carboxylic acids is 1. The van der Waals surface area contributed by atoms with Crippen LogP contribution in [0.15, 0.2) is 0 Å². The first-order valence-corrected chi connectivity index (χ1v) is 5.10. The molecule has 0 bridgehead atoms. The third-order valence-electron chi connectivity index (χ3n) is 1.27. The molecular weight excluding hydrogens is 234 g/mol. The van der Waals surface area contributed by atoms with Crippen LogP contribution in [-0.4, -0.2) is 79.4 Å². The van der Waals surface area contributed by atoms with Gasteiger partial charge in [0.25, 0.3) is 0 Å². The van der Waals surface area contributed by atoms with E-state index in [1.165, 1.54) is 0 Å². The molecule has 0 aromatic carbocycles. The SMILES string of the molecule is CSCC[C@H](N)C(=O)OCC(=O)O.[Ca+2].[H-].[H-]. The van der Waals surface area contributed by atoms with Crippen LogP contribution in [0.1, 0.15) is 9.27 Å². The average molecular weight is 249 g/mol. The largest absolute Gasteiger partial charge is 2.00 e. The molecule has 0 aliphatic heterocycles. The van der Waals surface area contributed by atoms with E-state index in [1.54, 1.807) is 11.8 Å². The molecule has 0 aromatic rings. The van der Waals surface area contributed by atoms with Crippen molar-refractivity contribution in [2.24, 2.45) is 5.73 Å². The van der Waals surface area contributed by atoms with Crippen LogP contribution in [-0.2, 0) is 14.3 Å². The second kappa shape index (κ2) is 10.0. The maximum absolute atomic E-state index is 10.9. The topological polar surface area (TPSA) is 89.6 Å². The zero-order valence-electron chi connectivity index (χ0n) is 10.1. The minimum Gasteiger partial charge on any atom is -1.00 e. The standard InChI is InChI=1S/C7H13NO4S.Ca.2H/c1-13-3-2-5(8)7(11)12-4-6(9)10;;;/h5H,2-4,8H2,1H3,(H,9,10);;;/q;+2;2*-1/t5-;;;/m0.../s1. The molecule has 0 fully saturated rings. The second-order valence-corrected chi connectivity index (χ2v) is 3.38. The van der Waals surface area contributed by atoms with Crippen molar-refractivity contribution in [1.29, 1.82) is 0 Å². The number of carbonyl (C=O) groups excluding carboxylic acids is 1. The summed E-state index contributed by atoms with van der Waals surface area (Å²) in [5.41, 5.74) is 5.41. The van der Waals surface area contributed by atoms with E-state index in [9.17, 15) is 9.59 Å². The number of carboxylic acids is 1. The number of carboxylic acid groups (broad SMARTS) is 1. The van der Waals surface area contributed by atoms with Gasteiger partial charge in [-0.05, 0) is 18.4 Å². The van der Waals surface area contributed by atoms with Crippen molar-refractivity contribution in [2.45, 2.75) is 12.5 Å². The van der Waals surface area contributed by atoms with Crippen molar-refractivity contribution >= 4 is 61.4 Å². The molecule has 0 unspecified atom stereocenters. The van der Waals surface area contributed by atoms with Crippen LogP contribution in [0.5, 0.6) is 0 Å². The predicted molar refractivity (Wildman–Crippen MR) is 57.5 cm³/mol. The third-order valence-corrected chi connectivity index (χ3v) is 1.92. The summed E-state index contributed by atoms with van der Waals surface area (Å²) in [7, 11) is 0. The molecule has 14 heavy (non-hydrogen) atoms. The quantitative estimate of drug-likeness (QED) is 0.489. The molecule has 3 N–H and O–H groups in total. The van der Waals surface area contributed by atoms with E-state index < -0.39 is 24.6 Å². The fourth-order valence-electron chi connectivity index (χ4n) is 0.603. The van der Waals surface area contributed by atoms with E-state index in [0.717, 1.165) is 5.75 Å². The number of hydrogen-bond donors (Lipinski definition) is 2. The minimum absolute atomic E-state index is 0. The Balaban J connectivity index is -0.000000240. The van der Waals surface area contributed by atoms with Crippen LogP contribution in [0.25, 0.3) is 0 Å². The molecular formula is C7H15CaNO4S. The van der Waals surface area contributed by atoms with Gasteiger partial charge in [-0.1, -0.05) is 0 Å². The molecule has 1 atom stereocenters. The Labute approximate surface area is 120 Å². The number of carbonyl (C=O) groups is 2. The summed E-state index contributed by atoms with van der Waals surface area (Å²) < 4.78 is 4.39. The van der Waals surface area contributed by atoms with E-state index in [-0.39, 0.29) is 40.6 Å². The molecule has 0 spiro atoms. The number of esters is 1. The molecule has 0 radical (unpaired) electrons. The third kappa shape index (κ3) is 9.08. The first kappa shape index (κ1) is 16.9. The van der Waals surface area contributed by atoms with E-state index in [2.05, 4.69) is 4.74 Å². The van der Waals surface area contributed by atoms with Gasteiger partial charge in [-0.3, -0.25) is 4.79 Å². The summed E-state index contributed by atoms with van der Waals surface area (Å²) in [4.78, 5) is 21.0. The van der Waals surface area contributed by atoms with Crippen LogP contribution < -0.4 is 5.73 Å². The first-order valence-electron chi connectivity index (χ1n) is 3.71. The molecule has 0 aliphatic rings. The van der Waals surface area contributed by atoms with Crippen LogP contribution in [0.2, 0.25) is 0 Å². The Morgan fingerprint density at radius 2 is 2.21 bits per heavy atom. The number of rotatable bonds is 6. The van der Waals surface area contributed by atoms with Crippen molar-refractivity contribution in [2.75, 3.05) is 18.6 Å². The number of ether oxygens (including phenoxy) is 1. The van der Waals surface area contributed by atoms with Gasteiger partial charge < -0.3 is 18.4 Å². The van der Waals surface area contributed by atoms with E-state index in [0.29, 0.717) is 6.42 Å². The minimum atomic E-state index is -1.18. The van der Waals surface area contributed by atoms with E-state index >= 15 is 0 Å². The zero-order chi connectivity index (χ0) is 10.3. The fourth-order valence-corrected chi connectivity index (χ4v) is 1.09. The molecule has 0 saturated carbocycles. The maximum atomic E-state index is 10.9. The van der Waals surface area contributed by atoms with Gasteiger partial charge >= 0.3 is 49.7 Å². The summed E-state index contributed by atoms with van der Waals surface area (Å²) in [5.74, 6) is -1.08. The smallest absolute Gasteiger partial charge is 1.00 e. The molecule has 7 heteroatoms. The molecule has 0 heterocycles. The fraction of sp³-hybridized carbons (Fsp3) is 0.714. The van der Waals surface area contributed by atoms with E-state index in [4.69, 9.17) is 10.8 Å². The van der Waals surface area contributed by atoms with Crippen molar-refractivity contribution in [3.8, 4) is 0 Å². The second-order valence-electron chi connectivity index (χ2n) is 2.39. The number of thioether (sulfide) groups is 1. The summed E-state index contributed by atoms with van der Waals surface area (Å²) >= 11 is 1.57. The monoisotopic (exact) mass is 249 g/mol. The maximum Gasteiger partial charge on any atom is 2.00 e. The Morgan fingerprint density at radius 3 is 2.64 bits per heavy atom. The van der Waals surface area contributed by atoms with Crippen LogP contribution >= 0.6 is 11.8 Å². The predicted octanol–water partition coefficient (Wildman–Crippen LogP) is -0.461. The average Bonchev–Trinajstić information content (AvgIpc) is 2.10. The molecule has 0 saturated heterocycles. The summed E-state index contributed by atoms with van der Waals surface area (Å²) in [6, 6.07) is -0.716. The molecule has 0 amide bonds. The van der Waals surface area contributed by atoms with Crippen molar-refractivity contribution in [3.63, 3.8) is 0 Å². The van der Waals surface area contributed by atoms with Gasteiger partial charge in [0.15, 0.2) is 6.61 Å². The van der Waals surface area contributed by atoms with Crippen LogP contribution in [0.3, 0.4) is 0 Å².